The molecule has 2 bridgehead atoms. The fourth-order valence-corrected chi connectivity index (χ4v) is 4.57. The van der Waals surface area contributed by atoms with Gasteiger partial charge in [0, 0.05) is 5.75 Å². The highest BCUT2D eigenvalue weighted by molar-refractivity contribution is 7.91. The average Bonchev–Trinajstić information content (AvgIpc) is 2.89. The molecule has 3 unspecified atom stereocenters. The Bertz CT molecular complexity index is 423. The van der Waals surface area contributed by atoms with Crippen LogP contribution in [0.15, 0.2) is 0 Å². The molecule has 2 rings (SSSR count). The fourth-order valence-electron chi connectivity index (χ4n) is 3.69. The number of hydrogen-bond donors (Lipinski definition) is 0. The van der Waals surface area contributed by atoms with Crippen molar-refractivity contribution in [1.82, 2.24) is 0 Å². The maximum atomic E-state index is 11.4. The molecule has 0 amide bonds. The quantitative estimate of drug-likeness (QED) is 0.758. The molecule has 0 aromatic rings. The van der Waals surface area contributed by atoms with E-state index in [1.807, 2.05) is 0 Å². The van der Waals surface area contributed by atoms with Crippen LogP contribution in [0.25, 0.3) is 0 Å². The molecular formula is C13H21NO2S. The molecule has 0 aliphatic heterocycles. The molecule has 0 aromatic carbocycles. The van der Waals surface area contributed by atoms with E-state index >= 15 is 0 Å². The van der Waals surface area contributed by atoms with Crippen molar-refractivity contribution in [2.75, 3.05) is 11.5 Å². The predicted molar refractivity (Wildman–Crippen MR) is 67.1 cm³/mol. The van der Waals surface area contributed by atoms with E-state index in [2.05, 4.69) is 6.07 Å². The first kappa shape index (κ1) is 12.9. The van der Waals surface area contributed by atoms with Crippen LogP contribution in [0, 0.1) is 28.6 Å². The number of hydrogen-bond acceptors (Lipinski definition) is 3. The van der Waals surface area contributed by atoms with E-state index in [4.69, 9.17) is 0 Å². The number of nitriles is 1. The van der Waals surface area contributed by atoms with Crippen LogP contribution in [0.3, 0.4) is 0 Å². The molecule has 3 nitrogen and oxygen atoms in total. The average molecular weight is 255 g/mol. The minimum absolute atomic E-state index is 0.188. The molecule has 0 heterocycles. The fraction of sp³-hybridized carbons (Fsp3) is 0.923. The Balaban J connectivity index is 1.92. The van der Waals surface area contributed by atoms with Gasteiger partial charge in [0.2, 0.25) is 0 Å². The lowest BCUT2D eigenvalue weighted by Gasteiger charge is -2.30. The van der Waals surface area contributed by atoms with Crippen molar-refractivity contribution in [2.45, 2.75) is 45.4 Å². The Kier molecular flexibility index (Phi) is 3.49. The van der Waals surface area contributed by atoms with Crippen molar-refractivity contribution in [2.24, 2.45) is 17.3 Å². The Morgan fingerprint density at radius 1 is 1.41 bits per heavy atom. The summed E-state index contributed by atoms with van der Waals surface area (Å²) >= 11 is 0. The summed E-state index contributed by atoms with van der Waals surface area (Å²) in [5.41, 5.74) is -0.188. The highest BCUT2D eigenvalue weighted by Gasteiger charge is 2.50. The maximum Gasteiger partial charge on any atom is 0.150 e. The Labute approximate surface area is 104 Å². The zero-order valence-corrected chi connectivity index (χ0v) is 11.3. The first-order valence-electron chi connectivity index (χ1n) is 6.63. The second-order valence-electron chi connectivity index (χ2n) is 5.69. The first-order chi connectivity index (χ1) is 8.01. The molecule has 2 aliphatic carbocycles. The number of fused-ring (bicyclic) bond motifs is 2. The van der Waals surface area contributed by atoms with E-state index in [0.29, 0.717) is 12.3 Å². The van der Waals surface area contributed by atoms with E-state index in [0.717, 1.165) is 18.8 Å². The highest BCUT2D eigenvalue weighted by Crippen LogP contribution is 2.57. The van der Waals surface area contributed by atoms with Gasteiger partial charge in [0.05, 0.1) is 17.2 Å². The lowest BCUT2D eigenvalue weighted by Crippen LogP contribution is -2.27. The molecule has 17 heavy (non-hydrogen) atoms. The third-order valence-corrected chi connectivity index (χ3v) is 6.51. The first-order valence-corrected chi connectivity index (χ1v) is 8.45. The predicted octanol–water partition coefficient (Wildman–Crippen LogP) is 2.53. The molecule has 2 aliphatic rings. The van der Waals surface area contributed by atoms with E-state index in [1.165, 1.54) is 19.3 Å². The van der Waals surface area contributed by atoms with Gasteiger partial charge in [0.15, 0.2) is 0 Å². The summed E-state index contributed by atoms with van der Waals surface area (Å²) in [6, 6.07) is 2.52. The van der Waals surface area contributed by atoms with Crippen LogP contribution < -0.4 is 0 Å². The van der Waals surface area contributed by atoms with Crippen molar-refractivity contribution < 1.29 is 8.42 Å². The van der Waals surface area contributed by atoms with Crippen LogP contribution in [0.4, 0.5) is 0 Å². The van der Waals surface area contributed by atoms with Gasteiger partial charge >= 0.3 is 0 Å². The third-order valence-electron chi connectivity index (χ3n) is 4.72. The summed E-state index contributed by atoms with van der Waals surface area (Å²) in [5, 5.41) is 9.43. The SMILES string of the molecule is CCS(=O)(=O)CCCC1(C#N)CC2CCC1C2. The van der Waals surface area contributed by atoms with Crippen molar-refractivity contribution in [3.05, 3.63) is 0 Å². The topological polar surface area (TPSA) is 57.9 Å². The standard InChI is InChI=1S/C13H21NO2S/c1-2-17(15,16)7-3-6-13(10-14)9-11-4-5-12(13)8-11/h11-12H,2-9H2,1H3. The maximum absolute atomic E-state index is 11.4. The molecule has 0 saturated heterocycles. The minimum Gasteiger partial charge on any atom is -0.229 e. The van der Waals surface area contributed by atoms with Crippen molar-refractivity contribution in [3.63, 3.8) is 0 Å². The van der Waals surface area contributed by atoms with Gasteiger partial charge in [-0.25, -0.2) is 8.42 Å². The monoisotopic (exact) mass is 255 g/mol. The van der Waals surface area contributed by atoms with Gasteiger partial charge in [-0.1, -0.05) is 13.3 Å². The van der Waals surface area contributed by atoms with Crippen molar-refractivity contribution in [3.8, 4) is 6.07 Å². The Morgan fingerprint density at radius 2 is 2.18 bits per heavy atom. The van der Waals surface area contributed by atoms with Crippen LogP contribution in [0.5, 0.6) is 0 Å². The molecular weight excluding hydrogens is 234 g/mol. The van der Waals surface area contributed by atoms with Gasteiger partial charge in [-0.15, -0.1) is 0 Å². The van der Waals surface area contributed by atoms with Crippen molar-refractivity contribution >= 4 is 9.84 Å². The van der Waals surface area contributed by atoms with Crippen LogP contribution >= 0.6 is 0 Å². The molecule has 2 fully saturated rings. The summed E-state index contributed by atoms with van der Waals surface area (Å²) in [7, 11) is -2.87. The summed E-state index contributed by atoms with van der Waals surface area (Å²) in [6.07, 6.45) is 6.12. The van der Waals surface area contributed by atoms with Gasteiger partial charge in [-0.2, -0.15) is 5.26 Å². The van der Waals surface area contributed by atoms with Gasteiger partial charge in [0.25, 0.3) is 0 Å². The van der Waals surface area contributed by atoms with Gasteiger partial charge in [0.1, 0.15) is 9.84 Å². The highest BCUT2D eigenvalue weighted by atomic mass is 32.2. The van der Waals surface area contributed by atoms with Crippen LogP contribution in [0.1, 0.15) is 45.4 Å². The second kappa shape index (κ2) is 4.61. The lowest BCUT2D eigenvalue weighted by molar-refractivity contribution is 0.222. The third kappa shape index (κ3) is 2.49. The van der Waals surface area contributed by atoms with Gasteiger partial charge in [-0.05, 0) is 43.9 Å². The zero-order valence-electron chi connectivity index (χ0n) is 10.5. The van der Waals surface area contributed by atoms with Gasteiger partial charge in [-0.3, -0.25) is 0 Å². The molecule has 96 valence electrons. The van der Waals surface area contributed by atoms with Crippen LogP contribution in [-0.4, -0.2) is 19.9 Å². The molecule has 0 aromatic heterocycles. The molecule has 4 heteroatoms. The zero-order chi connectivity index (χ0) is 12.5. The molecule has 0 radical (unpaired) electrons. The van der Waals surface area contributed by atoms with Gasteiger partial charge < -0.3 is 0 Å². The second-order valence-corrected chi connectivity index (χ2v) is 8.16. The van der Waals surface area contributed by atoms with Crippen LogP contribution in [-0.2, 0) is 9.84 Å². The van der Waals surface area contributed by atoms with E-state index in [9.17, 15) is 13.7 Å². The van der Waals surface area contributed by atoms with E-state index in [1.54, 1.807) is 6.92 Å². The largest absolute Gasteiger partial charge is 0.229 e. The Morgan fingerprint density at radius 3 is 2.65 bits per heavy atom. The lowest BCUT2D eigenvalue weighted by atomic mass is 9.71. The Hall–Kier alpha value is -0.560. The van der Waals surface area contributed by atoms with E-state index in [-0.39, 0.29) is 16.9 Å². The van der Waals surface area contributed by atoms with E-state index < -0.39 is 9.84 Å². The number of sulfone groups is 1. The van der Waals surface area contributed by atoms with Crippen LogP contribution in [0.2, 0.25) is 0 Å². The normalized spacial score (nSPS) is 36.0. The minimum atomic E-state index is -2.87. The molecule has 3 atom stereocenters. The smallest absolute Gasteiger partial charge is 0.150 e. The summed E-state index contributed by atoms with van der Waals surface area (Å²) in [6.45, 7) is 1.69. The molecule has 0 spiro atoms. The number of nitrogens with zero attached hydrogens (tertiary/aromatic N) is 1. The number of rotatable bonds is 5. The summed E-state index contributed by atoms with van der Waals surface area (Å²) in [5.74, 6) is 1.76. The molecule has 2 saturated carbocycles. The van der Waals surface area contributed by atoms with Crippen molar-refractivity contribution in [1.29, 1.82) is 5.26 Å². The molecule has 0 N–H and O–H groups in total. The summed E-state index contributed by atoms with van der Waals surface area (Å²) < 4.78 is 22.9. The summed E-state index contributed by atoms with van der Waals surface area (Å²) in [4.78, 5) is 0.